The van der Waals surface area contributed by atoms with Gasteiger partial charge in [-0.2, -0.15) is 0 Å². The third-order valence-electron chi connectivity index (χ3n) is 2.99. The number of hydrogen-bond donors (Lipinski definition) is 1. The second kappa shape index (κ2) is 6.43. The van der Waals surface area contributed by atoms with Gasteiger partial charge in [-0.3, -0.25) is 0 Å². The second-order valence-electron chi connectivity index (χ2n) is 5.22. The number of anilines is 1. The smallest absolute Gasteiger partial charge is 0.105 e. The first kappa shape index (κ1) is 13.7. The van der Waals surface area contributed by atoms with E-state index in [1.807, 2.05) is 12.1 Å². The molecule has 0 aliphatic heterocycles. The van der Waals surface area contributed by atoms with Crippen molar-refractivity contribution in [3.8, 4) is 0 Å². The first-order chi connectivity index (χ1) is 9.15. The van der Waals surface area contributed by atoms with Crippen LogP contribution in [0.1, 0.15) is 18.2 Å². The van der Waals surface area contributed by atoms with Gasteiger partial charge in [-0.05, 0) is 44.8 Å². The van der Waals surface area contributed by atoms with E-state index in [0.717, 1.165) is 18.7 Å². The van der Waals surface area contributed by atoms with Gasteiger partial charge in [0.05, 0.1) is 6.26 Å². The molecule has 1 aromatic heterocycles. The molecule has 0 amide bonds. The van der Waals surface area contributed by atoms with E-state index in [2.05, 4.69) is 55.5 Å². The number of nitrogens with zero attached hydrogens (tertiary/aromatic N) is 1. The van der Waals surface area contributed by atoms with Crippen LogP contribution in [0.4, 0.5) is 5.69 Å². The van der Waals surface area contributed by atoms with Crippen LogP contribution in [0.5, 0.6) is 0 Å². The fourth-order valence-corrected chi connectivity index (χ4v) is 2.19. The van der Waals surface area contributed by atoms with Crippen LogP contribution in [0.3, 0.4) is 0 Å². The van der Waals surface area contributed by atoms with Gasteiger partial charge in [-0.1, -0.05) is 18.2 Å². The minimum Gasteiger partial charge on any atom is -0.469 e. The third-order valence-corrected chi connectivity index (χ3v) is 2.99. The lowest BCUT2D eigenvalue weighted by atomic mass is 10.1. The zero-order chi connectivity index (χ0) is 13.7. The minimum absolute atomic E-state index is 0.342. The van der Waals surface area contributed by atoms with E-state index in [1.54, 1.807) is 6.26 Å². The molecule has 2 rings (SSSR count). The van der Waals surface area contributed by atoms with Crippen molar-refractivity contribution in [3.05, 3.63) is 54.0 Å². The largest absolute Gasteiger partial charge is 0.469 e. The Balaban J connectivity index is 2.01. The van der Waals surface area contributed by atoms with E-state index in [4.69, 9.17) is 4.42 Å². The first-order valence-corrected chi connectivity index (χ1v) is 6.66. The summed E-state index contributed by atoms with van der Waals surface area (Å²) in [7, 11) is 4.17. The fraction of sp³-hybridized carbons (Fsp3) is 0.375. The maximum absolute atomic E-state index is 5.39. The monoisotopic (exact) mass is 258 g/mol. The summed E-state index contributed by atoms with van der Waals surface area (Å²) in [6, 6.07) is 12.8. The molecule has 3 heteroatoms. The molecule has 0 aliphatic rings. The van der Waals surface area contributed by atoms with Gasteiger partial charge in [0, 0.05) is 24.7 Å². The normalized spacial score (nSPS) is 12.6. The number of benzene rings is 1. The zero-order valence-corrected chi connectivity index (χ0v) is 11.9. The summed E-state index contributed by atoms with van der Waals surface area (Å²) in [4.78, 5) is 2.18. The Morgan fingerprint density at radius 2 is 1.95 bits per heavy atom. The van der Waals surface area contributed by atoms with Crippen molar-refractivity contribution in [2.45, 2.75) is 25.9 Å². The van der Waals surface area contributed by atoms with Gasteiger partial charge >= 0.3 is 0 Å². The molecule has 0 radical (unpaired) electrons. The molecule has 1 aromatic carbocycles. The standard InChI is InChI=1S/C16H22N2O/c1-13(11-15-8-6-10-19-15)17-16-9-5-4-7-14(16)12-18(2)3/h4-10,13,17H,11-12H2,1-3H3. The first-order valence-electron chi connectivity index (χ1n) is 6.66. The lowest BCUT2D eigenvalue weighted by Gasteiger charge is -2.19. The van der Waals surface area contributed by atoms with Crippen LogP contribution >= 0.6 is 0 Å². The minimum atomic E-state index is 0.342. The Morgan fingerprint density at radius 3 is 2.63 bits per heavy atom. The highest BCUT2D eigenvalue weighted by Crippen LogP contribution is 2.18. The van der Waals surface area contributed by atoms with E-state index in [-0.39, 0.29) is 0 Å². The van der Waals surface area contributed by atoms with Crippen molar-refractivity contribution in [1.29, 1.82) is 0 Å². The number of nitrogens with one attached hydrogen (secondary N) is 1. The molecule has 0 saturated carbocycles. The molecule has 1 N–H and O–H groups in total. The highest BCUT2D eigenvalue weighted by atomic mass is 16.3. The number of hydrogen-bond acceptors (Lipinski definition) is 3. The molecule has 1 heterocycles. The van der Waals surface area contributed by atoms with E-state index in [1.165, 1.54) is 11.3 Å². The topological polar surface area (TPSA) is 28.4 Å². The Bertz CT molecular complexity index is 491. The molecule has 2 aromatic rings. The summed E-state index contributed by atoms with van der Waals surface area (Å²) in [6.07, 6.45) is 2.62. The summed E-state index contributed by atoms with van der Waals surface area (Å²) in [5, 5.41) is 3.57. The van der Waals surface area contributed by atoms with Gasteiger partial charge in [0.2, 0.25) is 0 Å². The Hall–Kier alpha value is -1.74. The predicted octanol–water partition coefficient (Wildman–Crippen LogP) is 3.38. The number of furan rings is 1. The molecule has 1 unspecified atom stereocenters. The lowest BCUT2D eigenvalue weighted by molar-refractivity contribution is 0.403. The maximum Gasteiger partial charge on any atom is 0.105 e. The Kier molecular flexibility index (Phi) is 4.63. The quantitative estimate of drug-likeness (QED) is 0.861. The molecule has 102 valence electrons. The zero-order valence-electron chi connectivity index (χ0n) is 11.9. The Labute approximate surface area is 115 Å². The van der Waals surface area contributed by atoms with Crippen LogP contribution in [0, 0.1) is 0 Å². The van der Waals surface area contributed by atoms with Crippen molar-refractivity contribution >= 4 is 5.69 Å². The van der Waals surface area contributed by atoms with Crippen LogP contribution < -0.4 is 5.32 Å². The molecule has 0 aliphatic carbocycles. The van der Waals surface area contributed by atoms with Crippen LogP contribution in [-0.2, 0) is 13.0 Å². The van der Waals surface area contributed by atoms with Crippen LogP contribution in [0.25, 0.3) is 0 Å². The molecule has 0 bridgehead atoms. The maximum atomic E-state index is 5.39. The van der Waals surface area contributed by atoms with E-state index >= 15 is 0 Å². The predicted molar refractivity (Wildman–Crippen MR) is 79.3 cm³/mol. The summed E-state index contributed by atoms with van der Waals surface area (Å²) >= 11 is 0. The Morgan fingerprint density at radius 1 is 1.16 bits per heavy atom. The van der Waals surface area contributed by atoms with Crippen molar-refractivity contribution in [2.24, 2.45) is 0 Å². The second-order valence-corrected chi connectivity index (χ2v) is 5.22. The average molecular weight is 258 g/mol. The van der Waals surface area contributed by atoms with E-state index < -0.39 is 0 Å². The SMILES string of the molecule is CC(Cc1ccco1)Nc1ccccc1CN(C)C. The molecule has 0 fully saturated rings. The van der Waals surface area contributed by atoms with Crippen molar-refractivity contribution in [1.82, 2.24) is 4.90 Å². The van der Waals surface area contributed by atoms with Gasteiger partial charge in [-0.15, -0.1) is 0 Å². The molecule has 0 spiro atoms. The number of para-hydroxylation sites is 1. The van der Waals surface area contributed by atoms with E-state index in [0.29, 0.717) is 6.04 Å². The van der Waals surface area contributed by atoms with Crippen molar-refractivity contribution in [2.75, 3.05) is 19.4 Å². The summed E-state index contributed by atoms with van der Waals surface area (Å²) in [5.74, 6) is 1.02. The van der Waals surface area contributed by atoms with Crippen LogP contribution in [0.2, 0.25) is 0 Å². The van der Waals surface area contributed by atoms with Gasteiger partial charge in [-0.25, -0.2) is 0 Å². The van der Waals surface area contributed by atoms with Gasteiger partial charge in [0.1, 0.15) is 5.76 Å². The highest BCUT2D eigenvalue weighted by molar-refractivity contribution is 5.51. The van der Waals surface area contributed by atoms with Crippen LogP contribution in [0.15, 0.2) is 47.1 Å². The van der Waals surface area contributed by atoms with Gasteiger partial charge in [0.25, 0.3) is 0 Å². The average Bonchev–Trinajstić information content (AvgIpc) is 2.83. The van der Waals surface area contributed by atoms with Crippen molar-refractivity contribution in [3.63, 3.8) is 0 Å². The molecule has 0 saturated heterocycles. The highest BCUT2D eigenvalue weighted by Gasteiger charge is 2.08. The van der Waals surface area contributed by atoms with Crippen LogP contribution in [-0.4, -0.2) is 25.0 Å². The van der Waals surface area contributed by atoms with E-state index in [9.17, 15) is 0 Å². The third kappa shape index (κ3) is 4.14. The summed E-state index contributed by atoms with van der Waals surface area (Å²) < 4.78 is 5.39. The van der Waals surface area contributed by atoms with Gasteiger partial charge < -0.3 is 14.6 Å². The molecule has 1 atom stereocenters. The summed E-state index contributed by atoms with van der Waals surface area (Å²) in [5.41, 5.74) is 2.52. The fourth-order valence-electron chi connectivity index (χ4n) is 2.19. The molecule has 3 nitrogen and oxygen atoms in total. The number of rotatable bonds is 6. The molecular formula is C16H22N2O. The lowest BCUT2D eigenvalue weighted by Crippen LogP contribution is -2.20. The molecule has 19 heavy (non-hydrogen) atoms. The summed E-state index contributed by atoms with van der Waals surface area (Å²) in [6.45, 7) is 3.12. The van der Waals surface area contributed by atoms with Gasteiger partial charge in [0.15, 0.2) is 0 Å². The molecular weight excluding hydrogens is 236 g/mol. The van der Waals surface area contributed by atoms with Crippen molar-refractivity contribution < 1.29 is 4.42 Å².